The Balaban J connectivity index is 4.76. The van der Waals surface area contributed by atoms with Gasteiger partial charge < -0.3 is 9.84 Å². The molecule has 0 rings (SSSR count). The highest BCUT2D eigenvalue weighted by atomic mass is 32.2. The van der Waals surface area contributed by atoms with E-state index < -0.39 is 28.3 Å². The van der Waals surface area contributed by atoms with Crippen LogP contribution in [-0.4, -0.2) is 49.1 Å². The molecule has 0 aromatic heterocycles. The topological polar surface area (TPSA) is 113 Å². The molecule has 9 heteroatoms. The van der Waals surface area contributed by atoms with Crippen molar-refractivity contribution in [2.45, 2.75) is 33.2 Å². The number of hydrogen-bond donors (Lipinski definition) is 2. The third-order valence-corrected chi connectivity index (χ3v) is 3.56. The molecule has 1 amide bonds. The van der Waals surface area contributed by atoms with Crippen LogP contribution in [0.1, 0.15) is 27.2 Å². The van der Waals surface area contributed by atoms with Gasteiger partial charge in [0.15, 0.2) is 0 Å². The van der Waals surface area contributed by atoms with Crippen molar-refractivity contribution in [3.8, 4) is 0 Å². The van der Waals surface area contributed by atoms with Gasteiger partial charge in [0.25, 0.3) is 0 Å². The second-order valence-corrected chi connectivity index (χ2v) is 5.30. The lowest BCUT2D eigenvalue weighted by atomic mass is 10.3. The highest BCUT2D eigenvalue weighted by Crippen LogP contribution is 2.06. The van der Waals surface area contributed by atoms with Gasteiger partial charge in [-0.15, -0.1) is 0 Å². The van der Waals surface area contributed by atoms with Crippen molar-refractivity contribution < 1.29 is 27.9 Å². The molecular weight excluding hydrogens is 264 g/mol. The summed E-state index contributed by atoms with van der Waals surface area (Å²) in [5.41, 5.74) is 0. The number of carboxylic acid groups (broad SMARTS) is 1. The zero-order valence-electron chi connectivity index (χ0n) is 10.5. The quantitative estimate of drug-likeness (QED) is 0.687. The molecular formula is C9H18N2O6S. The van der Waals surface area contributed by atoms with Crippen LogP contribution in [0.15, 0.2) is 0 Å². The van der Waals surface area contributed by atoms with Gasteiger partial charge in [-0.2, -0.15) is 12.7 Å². The number of nitrogens with one attached hydrogen (secondary N) is 1. The molecule has 0 radical (unpaired) electrons. The van der Waals surface area contributed by atoms with Gasteiger partial charge >= 0.3 is 22.3 Å². The van der Waals surface area contributed by atoms with E-state index in [0.29, 0.717) is 0 Å². The summed E-state index contributed by atoms with van der Waals surface area (Å²) in [6, 6.07) is -0.476. The van der Waals surface area contributed by atoms with Crippen LogP contribution in [0.4, 0.5) is 4.79 Å². The van der Waals surface area contributed by atoms with Crippen LogP contribution in [0.3, 0.4) is 0 Å². The second-order valence-electron chi connectivity index (χ2n) is 3.68. The van der Waals surface area contributed by atoms with Gasteiger partial charge in [-0.1, -0.05) is 0 Å². The van der Waals surface area contributed by atoms with E-state index in [4.69, 9.17) is 5.11 Å². The lowest BCUT2D eigenvalue weighted by Gasteiger charge is -2.24. The predicted octanol–water partition coefficient (Wildman–Crippen LogP) is 0.162. The average molecular weight is 282 g/mol. The normalized spacial score (nSPS) is 11.6. The van der Waals surface area contributed by atoms with E-state index >= 15 is 0 Å². The first kappa shape index (κ1) is 16.6. The summed E-state index contributed by atoms with van der Waals surface area (Å²) < 4.78 is 30.6. The molecule has 0 aromatic carbocycles. The fraction of sp³-hybridized carbons (Fsp3) is 0.778. The Morgan fingerprint density at radius 1 is 1.39 bits per heavy atom. The first-order valence-corrected chi connectivity index (χ1v) is 6.82. The number of carbonyl (C=O) groups is 2. The van der Waals surface area contributed by atoms with Gasteiger partial charge in [-0.25, -0.2) is 9.52 Å². The Morgan fingerprint density at radius 2 is 1.94 bits per heavy atom. The summed E-state index contributed by atoms with van der Waals surface area (Å²) in [5, 5.41) is 8.54. The largest absolute Gasteiger partial charge is 0.481 e. The van der Waals surface area contributed by atoms with E-state index in [-0.39, 0.29) is 19.6 Å². The summed E-state index contributed by atoms with van der Waals surface area (Å²) in [7, 11) is -4.09. The lowest BCUT2D eigenvalue weighted by molar-refractivity contribution is -0.137. The molecule has 0 atom stereocenters. The summed E-state index contributed by atoms with van der Waals surface area (Å²) in [6.45, 7) is 4.51. The first-order valence-electron chi connectivity index (χ1n) is 5.38. The van der Waals surface area contributed by atoms with Gasteiger partial charge in [0, 0.05) is 12.6 Å². The van der Waals surface area contributed by atoms with E-state index in [1.165, 1.54) is 6.92 Å². The highest BCUT2D eigenvalue weighted by Gasteiger charge is 2.27. The molecule has 0 saturated heterocycles. The molecule has 0 bridgehead atoms. The van der Waals surface area contributed by atoms with Crippen molar-refractivity contribution in [2.24, 2.45) is 0 Å². The van der Waals surface area contributed by atoms with Crippen molar-refractivity contribution in [3.63, 3.8) is 0 Å². The number of amides is 1. The number of aliphatic carboxylic acids is 1. The molecule has 0 heterocycles. The lowest BCUT2D eigenvalue weighted by Crippen LogP contribution is -2.47. The number of nitrogens with zero attached hydrogens (tertiary/aromatic N) is 1. The van der Waals surface area contributed by atoms with Gasteiger partial charge in [-0.3, -0.25) is 4.79 Å². The molecule has 0 saturated carbocycles. The Kier molecular flexibility index (Phi) is 6.63. The average Bonchev–Trinajstić information content (AvgIpc) is 2.15. The smallest absolute Gasteiger partial charge is 0.421 e. The maximum Gasteiger partial charge on any atom is 0.421 e. The SMILES string of the molecule is CCOC(=O)NS(=O)(=O)N(CCC(=O)O)C(C)C. The molecule has 2 N–H and O–H groups in total. The second kappa shape index (κ2) is 7.17. The number of ether oxygens (including phenoxy) is 1. The van der Waals surface area contributed by atoms with Crippen molar-refractivity contribution in [3.05, 3.63) is 0 Å². The molecule has 106 valence electrons. The van der Waals surface area contributed by atoms with Gasteiger partial charge in [0.2, 0.25) is 0 Å². The first-order chi connectivity index (χ1) is 8.20. The minimum absolute atomic E-state index is 0.0398. The third-order valence-electron chi connectivity index (χ3n) is 1.92. The maximum atomic E-state index is 11.8. The van der Waals surface area contributed by atoms with Crippen LogP contribution in [0.25, 0.3) is 0 Å². The number of carbonyl (C=O) groups excluding carboxylic acids is 1. The molecule has 18 heavy (non-hydrogen) atoms. The minimum atomic E-state index is -4.09. The highest BCUT2D eigenvalue weighted by molar-refractivity contribution is 7.87. The zero-order chi connectivity index (χ0) is 14.3. The van der Waals surface area contributed by atoms with Crippen molar-refractivity contribution in [2.75, 3.05) is 13.2 Å². The fourth-order valence-corrected chi connectivity index (χ4v) is 2.46. The molecule has 0 spiro atoms. The number of carboxylic acids is 1. The molecule has 8 nitrogen and oxygen atoms in total. The zero-order valence-corrected chi connectivity index (χ0v) is 11.4. The van der Waals surface area contributed by atoms with Crippen LogP contribution in [0.5, 0.6) is 0 Å². The van der Waals surface area contributed by atoms with E-state index in [1.807, 2.05) is 0 Å². The Labute approximate surface area is 106 Å². The summed E-state index contributed by atoms with van der Waals surface area (Å²) in [6.07, 6.45) is -1.43. The van der Waals surface area contributed by atoms with Gasteiger partial charge in [-0.05, 0) is 20.8 Å². The number of hydrogen-bond acceptors (Lipinski definition) is 5. The maximum absolute atomic E-state index is 11.8. The van der Waals surface area contributed by atoms with E-state index in [1.54, 1.807) is 18.6 Å². The van der Waals surface area contributed by atoms with Crippen LogP contribution in [0.2, 0.25) is 0 Å². The Hall–Kier alpha value is -1.35. The summed E-state index contributed by atoms with van der Waals surface area (Å²) in [4.78, 5) is 21.5. The molecule has 0 fully saturated rings. The molecule has 0 aliphatic heterocycles. The van der Waals surface area contributed by atoms with Crippen molar-refractivity contribution in [1.29, 1.82) is 0 Å². The van der Waals surface area contributed by atoms with Gasteiger partial charge in [0.1, 0.15) is 0 Å². The monoisotopic (exact) mass is 282 g/mol. The Morgan fingerprint density at radius 3 is 2.33 bits per heavy atom. The standard InChI is InChI=1S/C9H18N2O6S/c1-4-17-9(14)10-18(15,16)11(7(2)3)6-5-8(12)13/h7H,4-6H2,1-3H3,(H,10,14)(H,12,13). The molecule has 0 unspecified atom stereocenters. The fourth-order valence-electron chi connectivity index (χ4n) is 1.19. The predicted molar refractivity (Wildman–Crippen MR) is 63.2 cm³/mol. The Bertz CT molecular complexity index is 392. The third kappa shape index (κ3) is 5.82. The van der Waals surface area contributed by atoms with Crippen molar-refractivity contribution in [1.82, 2.24) is 9.03 Å². The van der Waals surface area contributed by atoms with Crippen LogP contribution in [0, 0.1) is 0 Å². The number of rotatable bonds is 7. The van der Waals surface area contributed by atoms with Crippen molar-refractivity contribution >= 4 is 22.3 Å². The summed E-state index contributed by atoms with van der Waals surface area (Å²) in [5.74, 6) is -1.12. The minimum Gasteiger partial charge on any atom is -0.481 e. The molecule has 0 aliphatic rings. The van der Waals surface area contributed by atoms with Crippen LogP contribution >= 0.6 is 0 Å². The van der Waals surface area contributed by atoms with Gasteiger partial charge in [0.05, 0.1) is 13.0 Å². The van der Waals surface area contributed by atoms with Crippen LogP contribution < -0.4 is 4.72 Å². The van der Waals surface area contributed by atoms with Crippen LogP contribution in [-0.2, 0) is 19.7 Å². The van der Waals surface area contributed by atoms with E-state index in [2.05, 4.69) is 4.74 Å². The summed E-state index contributed by atoms with van der Waals surface area (Å²) >= 11 is 0. The van der Waals surface area contributed by atoms with E-state index in [0.717, 1.165) is 4.31 Å². The molecule has 0 aliphatic carbocycles. The molecule has 0 aromatic rings. The van der Waals surface area contributed by atoms with E-state index in [9.17, 15) is 18.0 Å².